The Morgan fingerprint density at radius 2 is 2.24 bits per heavy atom. The predicted octanol–water partition coefficient (Wildman–Crippen LogP) is 2.51. The lowest BCUT2D eigenvalue weighted by atomic mass is 9.95. The van der Waals surface area contributed by atoms with E-state index < -0.39 is 0 Å². The number of nitrogens with zero attached hydrogens (tertiary/aromatic N) is 3. The van der Waals surface area contributed by atoms with Crippen molar-refractivity contribution in [2.45, 2.75) is 32.2 Å². The van der Waals surface area contributed by atoms with Crippen molar-refractivity contribution in [3.8, 4) is 6.07 Å². The van der Waals surface area contributed by atoms with Crippen LogP contribution in [0, 0.1) is 17.2 Å². The van der Waals surface area contributed by atoms with Crippen LogP contribution in [0.5, 0.6) is 0 Å². The summed E-state index contributed by atoms with van der Waals surface area (Å²) in [5, 5.41) is 11.9. The number of aromatic nitrogens is 1. The van der Waals surface area contributed by atoms with Crippen molar-refractivity contribution in [3.05, 3.63) is 48.0 Å². The van der Waals surface area contributed by atoms with Gasteiger partial charge in [0.05, 0.1) is 11.8 Å². The first-order chi connectivity index (χ1) is 12.2. The predicted molar refractivity (Wildman–Crippen MR) is 93.9 cm³/mol. The zero-order chi connectivity index (χ0) is 17.6. The molecule has 0 aromatic carbocycles. The molecule has 3 rings (SSSR count). The normalized spacial score (nSPS) is 16.2. The molecule has 1 saturated heterocycles. The number of hydrogen-bond donors (Lipinski definition) is 1. The largest absolute Gasteiger partial charge is 0.469 e. The smallest absolute Gasteiger partial charge is 0.223 e. The number of hydrogen-bond acceptors (Lipinski definition) is 5. The van der Waals surface area contributed by atoms with Crippen LogP contribution < -0.4 is 10.2 Å². The van der Waals surface area contributed by atoms with Gasteiger partial charge >= 0.3 is 0 Å². The van der Waals surface area contributed by atoms with E-state index in [2.05, 4.69) is 21.3 Å². The fourth-order valence-electron chi connectivity index (χ4n) is 3.15. The Bertz CT molecular complexity index is 726. The topological polar surface area (TPSA) is 82.2 Å². The molecule has 1 aliphatic heterocycles. The lowest BCUT2D eigenvalue weighted by Crippen LogP contribution is -2.43. The molecule has 2 aromatic heterocycles. The van der Waals surface area contributed by atoms with E-state index in [1.54, 1.807) is 18.5 Å². The van der Waals surface area contributed by atoms with E-state index >= 15 is 0 Å². The molecular formula is C19H22N4O2. The molecule has 0 aliphatic carbocycles. The summed E-state index contributed by atoms with van der Waals surface area (Å²) in [6.45, 7) is 3.59. The first-order valence-corrected chi connectivity index (χ1v) is 8.59. The number of carbonyl (C=O) groups excluding carboxylic acids is 1. The quantitative estimate of drug-likeness (QED) is 0.906. The van der Waals surface area contributed by atoms with Crippen molar-refractivity contribution < 1.29 is 9.21 Å². The number of rotatable bonds is 5. The Morgan fingerprint density at radius 3 is 2.84 bits per heavy atom. The van der Waals surface area contributed by atoms with Crippen LogP contribution in [0.1, 0.15) is 31.1 Å². The number of anilines is 1. The second-order valence-electron chi connectivity index (χ2n) is 6.47. The van der Waals surface area contributed by atoms with Crippen LogP contribution in [0.2, 0.25) is 0 Å². The average Bonchev–Trinajstić information content (AvgIpc) is 3.14. The van der Waals surface area contributed by atoms with Crippen molar-refractivity contribution in [2.75, 3.05) is 18.0 Å². The van der Waals surface area contributed by atoms with E-state index in [0.717, 1.165) is 37.5 Å². The summed E-state index contributed by atoms with van der Waals surface area (Å²) < 4.78 is 5.33. The number of piperidine rings is 1. The van der Waals surface area contributed by atoms with Crippen LogP contribution >= 0.6 is 0 Å². The highest BCUT2D eigenvalue weighted by atomic mass is 16.3. The van der Waals surface area contributed by atoms with E-state index in [-0.39, 0.29) is 17.9 Å². The Balaban J connectivity index is 1.47. The fraction of sp³-hybridized carbons (Fsp3) is 0.421. The minimum absolute atomic E-state index is 0.0358. The van der Waals surface area contributed by atoms with Crippen molar-refractivity contribution >= 4 is 11.7 Å². The molecule has 3 heterocycles. The minimum Gasteiger partial charge on any atom is -0.469 e. The summed E-state index contributed by atoms with van der Waals surface area (Å²) in [6, 6.07) is 9.55. The monoisotopic (exact) mass is 338 g/mol. The van der Waals surface area contributed by atoms with Gasteiger partial charge in [-0.15, -0.1) is 0 Å². The second-order valence-corrected chi connectivity index (χ2v) is 6.47. The van der Waals surface area contributed by atoms with E-state index in [9.17, 15) is 4.79 Å². The van der Waals surface area contributed by atoms with Gasteiger partial charge in [0.2, 0.25) is 5.91 Å². The number of furan rings is 1. The highest BCUT2D eigenvalue weighted by Gasteiger charge is 2.26. The molecule has 0 unspecified atom stereocenters. The molecule has 1 amide bonds. The van der Waals surface area contributed by atoms with Crippen LogP contribution in [0.3, 0.4) is 0 Å². The van der Waals surface area contributed by atoms with Crippen molar-refractivity contribution in [3.63, 3.8) is 0 Å². The number of nitrogens with one attached hydrogen (secondary N) is 1. The minimum atomic E-state index is 0.0358. The average molecular weight is 338 g/mol. The zero-order valence-corrected chi connectivity index (χ0v) is 14.3. The lowest BCUT2D eigenvalue weighted by Gasteiger charge is -2.32. The molecule has 1 fully saturated rings. The zero-order valence-electron chi connectivity index (χ0n) is 14.3. The SMILES string of the molecule is C[C@H](Cc1ccco1)NC(=O)C1CCN(c2ccc(C#N)cn2)CC1. The van der Waals surface area contributed by atoms with Crippen molar-refractivity contribution in [1.29, 1.82) is 5.26 Å². The summed E-state index contributed by atoms with van der Waals surface area (Å²) in [6.07, 6.45) is 5.55. The summed E-state index contributed by atoms with van der Waals surface area (Å²) in [7, 11) is 0. The standard InChI is InChI=1S/C19H22N4O2/c1-14(11-17-3-2-10-25-17)22-19(24)16-6-8-23(9-7-16)18-5-4-15(12-20)13-21-18/h2-5,10,13-14,16H,6-9,11H2,1H3,(H,22,24)/t14-/m1/s1. The van der Waals surface area contributed by atoms with E-state index in [0.29, 0.717) is 12.0 Å². The number of nitriles is 1. The third kappa shape index (κ3) is 4.38. The maximum absolute atomic E-state index is 12.5. The Morgan fingerprint density at radius 1 is 1.44 bits per heavy atom. The number of amides is 1. The van der Waals surface area contributed by atoms with Gasteiger partial charge in [-0.25, -0.2) is 4.98 Å². The van der Waals surface area contributed by atoms with Gasteiger partial charge in [0.1, 0.15) is 17.6 Å². The molecule has 0 spiro atoms. The molecule has 25 heavy (non-hydrogen) atoms. The highest BCUT2D eigenvalue weighted by Crippen LogP contribution is 2.22. The Kier molecular flexibility index (Phi) is 5.34. The van der Waals surface area contributed by atoms with Crippen LogP contribution in [0.4, 0.5) is 5.82 Å². The molecule has 0 saturated carbocycles. The van der Waals surface area contributed by atoms with Gasteiger partial charge in [0.25, 0.3) is 0 Å². The van der Waals surface area contributed by atoms with Gasteiger partial charge < -0.3 is 14.6 Å². The Labute approximate surface area is 147 Å². The molecular weight excluding hydrogens is 316 g/mol. The van der Waals surface area contributed by atoms with Crippen LogP contribution in [0.25, 0.3) is 0 Å². The van der Waals surface area contributed by atoms with Gasteiger partial charge in [0.15, 0.2) is 0 Å². The molecule has 6 heteroatoms. The highest BCUT2D eigenvalue weighted by molar-refractivity contribution is 5.79. The molecule has 1 aliphatic rings. The fourth-order valence-corrected chi connectivity index (χ4v) is 3.15. The van der Waals surface area contributed by atoms with Gasteiger partial charge in [-0.3, -0.25) is 4.79 Å². The molecule has 1 N–H and O–H groups in total. The summed E-state index contributed by atoms with van der Waals surface area (Å²) in [4.78, 5) is 18.9. The maximum Gasteiger partial charge on any atom is 0.223 e. The van der Waals surface area contributed by atoms with Gasteiger partial charge in [-0.05, 0) is 44.0 Å². The van der Waals surface area contributed by atoms with Gasteiger partial charge in [-0.1, -0.05) is 0 Å². The molecule has 0 radical (unpaired) electrons. The Hall–Kier alpha value is -2.81. The van der Waals surface area contributed by atoms with E-state index in [1.165, 1.54) is 0 Å². The lowest BCUT2D eigenvalue weighted by molar-refractivity contribution is -0.126. The first kappa shape index (κ1) is 17.0. The van der Waals surface area contributed by atoms with Crippen molar-refractivity contribution in [1.82, 2.24) is 10.3 Å². The first-order valence-electron chi connectivity index (χ1n) is 8.59. The van der Waals surface area contributed by atoms with Crippen LogP contribution in [-0.4, -0.2) is 30.0 Å². The third-order valence-corrected chi connectivity index (χ3v) is 4.54. The summed E-state index contributed by atoms with van der Waals surface area (Å²) in [5.74, 6) is 1.90. The molecule has 2 aromatic rings. The number of carbonyl (C=O) groups is 1. The van der Waals surface area contributed by atoms with Gasteiger partial charge in [-0.2, -0.15) is 5.26 Å². The van der Waals surface area contributed by atoms with Crippen LogP contribution in [-0.2, 0) is 11.2 Å². The summed E-state index contributed by atoms with van der Waals surface area (Å²) in [5.41, 5.74) is 0.559. The number of pyridine rings is 1. The second kappa shape index (κ2) is 7.84. The molecule has 130 valence electrons. The van der Waals surface area contributed by atoms with Crippen LogP contribution in [0.15, 0.2) is 41.1 Å². The molecule has 6 nitrogen and oxygen atoms in total. The van der Waals surface area contributed by atoms with E-state index in [4.69, 9.17) is 9.68 Å². The maximum atomic E-state index is 12.5. The molecule has 0 bridgehead atoms. The third-order valence-electron chi connectivity index (χ3n) is 4.54. The van der Waals surface area contributed by atoms with Gasteiger partial charge in [0, 0.05) is 37.7 Å². The van der Waals surface area contributed by atoms with Crippen molar-refractivity contribution in [2.24, 2.45) is 5.92 Å². The summed E-state index contributed by atoms with van der Waals surface area (Å²) >= 11 is 0. The molecule has 1 atom stereocenters. The van der Waals surface area contributed by atoms with E-state index in [1.807, 2.05) is 25.1 Å².